The van der Waals surface area contributed by atoms with Crippen LogP contribution in [0.4, 0.5) is 0 Å². The zero-order chi connectivity index (χ0) is 16.4. The fourth-order valence-electron chi connectivity index (χ4n) is 1.86. The van der Waals surface area contributed by atoms with E-state index in [0.717, 1.165) is 17.7 Å². The van der Waals surface area contributed by atoms with Gasteiger partial charge in [-0.15, -0.1) is 0 Å². The smallest absolute Gasteiger partial charge is 0.239 e. The SMILES string of the molecule is COCCCNC(=O)CN(C)C(=O)Cc1ccc(OC)cc1. The van der Waals surface area contributed by atoms with Gasteiger partial charge in [0.1, 0.15) is 5.75 Å². The summed E-state index contributed by atoms with van der Waals surface area (Å²) >= 11 is 0. The Morgan fingerprint density at radius 1 is 1.18 bits per heavy atom. The lowest BCUT2D eigenvalue weighted by Gasteiger charge is -2.17. The minimum absolute atomic E-state index is 0.0575. The van der Waals surface area contributed by atoms with Crippen molar-refractivity contribution >= 4 is 11.8 Å². The summed E-state index contributed by atoms with van der Waals surface area (Å²) in [6.07, 6.45) is 1.02. The fraction of sp³-hybridized carbons (Fsp3) is 0.500. The number of carbonyl (C=O) groups excluding carboxylic acids is 2. The van der Waals surface area contributed by atoms with Crippen LogP contribution >= 0.6 is 0 Å². The molecule has 0 saturated heterocycles. The molecule has 22 heavy (non-hydrogen) atoms. The Balaban J connectivity index is 2.35. The van der Waals surface area contributed by atoms with Crippen LogP contribution in [-0.4, -0.2) is 57.7 Å². The Morgan fingerprint density at radius 3 is 2.45 bits per heavy atom. The van der Waals surface area contributed by atoms with E-state index in [1.165, 1.54) is 4.90 Å². The number of methoxy groups -OCH3 is 2. The molecular formula is C16H24N2O4. The number of hydrogen-bond acceptors (Lipinski definition) is 4. The van der Waals surface area contributed by atoms with Crippen molar-refractivity contribution in [2.45, 2.75) is 12.8 Å². The summed E-state index contributed by atoms with van der Waals surface area (Å²) in [4.78, 5) is 25.2. The monoisotopic (exact) mass is 308 g/mol. The van der Waals surface area contributed by atoms with E-state index in [9.17, 15) is 9.59 Å². The third kappa shape index (κ3) is 6.58. The average Bonchev–Trinajstić information content (AvgIpc) is 2.52. The molecule has 0 radical (unpaired) electrons. The predicted molar refractivity (Wildman–Crippen MR) is 83.8 cm³/mol. The zero-order valence-corrected chi connectivity index (χ0v) is 13.4. The van der Waals surface area contributed by atoms with Gasteiger partial charge in [0.05, 0.1) is 20.1 Å². The van der Waals surface area contributed by atoms with Gasteiger partial charge in [-0.3, -0.25) is 9.59 Å². The van der Waals surface area contributed by atoms with Gasteiger partial charge in [0.15, 0.2) is 0 Å². The molecule has 0 bridgehead atoms. The van der Waals surface area contributed by atoms with Crippen molar-refractivity contribution in [2.75, 3.05) is 41.0 Å². The van der Waals surface area contributed by atoms with Crippen molar-refractivity contribution in [3.63, 3.8) is 0 Å². The van der Waals surface area contributed by atoms with E-state index in [-0.39, 0.29) is 24.8 Å². The van der Waals surface area contributed by atoms with Crippen molar-refractivity contribution in [1.29, 1.82) is 0 Å². The first-order chi connectivity index (χ1) is 10.6. The molecular weight excluding hydrogens is 284 g/mol. The molecule has 0 fully saturated rings. The summed E-state index contributed by atoms with van der Waals surface area (Å²) in [6.45, 7) is 1.21. The number of carbonyl (C=O) groups is 2. The highest BCUT2D eigenvalue weighted by atomic mass is 16.5. The number of rotatable bonds is 9. The van der Waals surface area contributed by atoms with Crippen LogP contribution in [0.15, 0.2) is 24.3 Å². The molecule has 0 aliphatic heterocycles. The number of hydrogen-bond donors (Lipinski definition) is 1. The quantitative estimate of drug-likeness (QED) is 0.687. The first-order valence-corrected chi connectivity index (χ1v) is 7.19. The molecule has 2 amide bonds. The van der Waals surface area contributed by atoms with E-state index >= 15 is 0 Å². The van der Waals surface area contributed by atoms with Gasteiger partial charge in [-0.05, 0) is 24.1 Å². The van der Waals surface area contributed by atoms with Crippen molar-refractivity contribution in [1.82, 2.24) is 10.2 Å². The molecule has 122 valence electrons. The third-order valence-electron chi connectivity index (χ3n) is 3.17. The highest BCUT2D eigenvalue weighted by Crippen LogP contribution is 2.12. The van der Waals surface area contributed by atoms with E-state index in [1.54, 1.807) is 21.3 Å². The number of likely N-dealkylation sites (N-methyl/N-ethyl adjacent to an activating group) is 1. The number of nitrogens with zero attached hydrogens (tertiary/aromatic N) is 1. The number of amides is 2. The average molecular weight is 308 g/mol. The topological polar surface area (TPSA) is 67.9 Å². The fourth-order valence-corrected chi connectivity index (χ4v) is 1.86. The second-order valence-electron chi connectivity index (χ2n) is 4.97. The maximum absolute atomic E-state index is 12.1. The first-order valence-electron chi connectivity index (χ1n) is 7.19. The Labute approximate surface area is 131 Å². The summed E-state index contributed by atoms with van der Waals surface area (Å²) in [5, 5.41) is 2.75. The molecule has 0 aliphatic carbocycles. The summed E-state index contributed by atoms with van der Waals surface area (Å²) in [6, 6.07) is 7.31. The minimum Gasteiger partial charge on any atom is -0.497 e. The van der Waals surface area contributed by atoms with Gasteiger partial charge < -0.3 is 19.7 Å². The van der Waals surface area contributed by atoms with Gasteiger partial charge in [0.2, 0.25) is 11.8 Å². The lowest BCUT2D eigenvalue weighted by atomic mass is 10.1. The predicted octanol–water partition coefficient (Wildman–Crippen LogP) is 0.849. The van der Waals surface area contributed by atoms with Crippen LogP contribution in [0.5, 0.6) is 5.75 Å². The maximum atomic E-state index is 12.1. The van der Waals surface area contributed by atoms with Gasteiger partial charge in [0.25, 0.3) is 0 Å². The molecule has 0 atom stereocenters. The van der Waals surface area contributed by atoms with E-state index < -0.39 is 0 Å². The molecule has 6 nitrogen and oxygen atoms in total. The van der Waals surface area contributed by atoms with Gasteiger partial charge in [-0.2, -0.15) is 0 Å². The number of benzene rings is 1. The second-order valence-corrected chi connectivity index (χ2v) is 4.97. The molecule has 1 rings (SSSR count). The van der Waals surface area contributed by atoms with Crippen molar-refractivity contribution in [2.24, 2.45) is 0 Å². The lowest BCUT2D eigenvalue weighted by Crippen LogP contribution is -2.39. The number of nitrogens with one attached hydrogen (secondary N) is 1. The second kappa shape index (κ2) is 9.78. The van der Waals surface area contributed by atoms with Crippen LogP contribution in [0, 0.1) is 0 Å². The Hall–Kier alpha value is -2.08. The van der Waals surface area contributed by atoms with E-state index in [2.05, 4.69) is 5.32 Å². The van der Waals surface area contributed by atoms with Crippen LogP contribution in [0.25, 0.3) is 0 Å². The lowest BCUT2D eigenvalue weighted by molar-refractivity contribution is -0.134. The maximum Gasteiger partial charge on any atom is 0.239 e. The molecule has 0 unspecified atom stereocenters. The summed E-state index contributed by atoms with van der Waals surface area (Å²) in [7, 11) is 4.84. The Morgan fingerprint density at radius 2 is 1.86 bits per heavy atom. The van der Waals surface area contributed by atoms with Crippen LogP contribution in [0.2, 0.25) is 0 Å². The zero-order valence-electron chi connectivity index (χ0n) is 13.4. The molecule has 0 aromatic heterocycles. The van der Waals surface area contributed by atoms with E-state index in [1.807, 2.05) is 24.3 Å². The molecule has 0 heterocycles. The summed E-state index contributed by atoms with van der Waals surface area (Å²) in [5.74, 6) is 0.485. The normalized spacial score (nSPS) is 10.1. The standard InChI is InChI=1S/C16H24N2O4/c1-18(12-15(19)17-9-4-10-21-2)16(20)11-13-5-7-14(22-3)8-6-13/h5-8H,4,9-12H2,1-3H3,(H,17,19). The third-order valence-corrected chi connectivity index (χ3v) is 3.17. The molecule has 0 spiro atoms. The van der Waals surface area contributed by atoms with Gasteiger partial charge in [-0.25, -0.2) is 0 Å². The van der Waals surface area contributed by atoms with Crippen molar-refractivity contribution in [3.8, 4) is 5.75 Å². The van der Waals surface area contributed by atoms with Crippen LogP contribution in [0.1, 0.15) is 12.0 Å². The molecule has 1 aromatic rings. The largest absolute Gasteiger partial charge is 0.497 e. The van der Waals surface area contributed by atoms with Gasteiger partial charge >= 0.3 is 0 Å². The molecule has 1 N–H and O–H groups in total. The summed E-state index contributed by atoms with van der Waals surface area (Å²) in [5.41, 5.74) is 0.887. The van der Waals surface area contributed by atoms with Crippen molar-refractivity contribution < 1.29 is 19.1 Å². The highest BCUT2D eigenvalue weighted by molar-refractivity contribution is 5.85. The first kappa shape index (κ1) is 18.0. The minimum atomic E-state index is -0.165. The van der Waals surface area contributed by atoms with Crippen LogP contribution in [-0.2, 0) is 20.7 Å². The highest BCUT2D eigenvalue weighted by Gasteiger charge is 2.13. The van der Waals surface area contributed by atoms with Gasteiger partial charge in [-0.1, -0.05) is 12.1 Å². The molecule has 6 heteroatoms. The number of ether oxygens (including phenoxy) is 2. The Bertz CT molecular complexity index is 474. The molecule has 0 saturated carbocycles. The van der Waals surface area contributed by atoms with E-state index in [0.29, 0.717) is 13.2 Å². The summed E-state index contributed by atoms with van der Waals surface area (Å²) < 4.78 is 9.97. The van der Waals surface area contributed by atoms with Crippen LogP contribution < -0.4 is 10.1 Å². The Kier molecular flexibility index (Phi) is 7.99. The van der Waals surface area contributed by atoms with Gasteiger partial charge in [0, 0.05) is 27.3 Å². The van der Waals surface area contributed by atoms with Crippen LogP contribution in [0.3, 0.4) is 0 Å². The van der Waals surface area contributed by atoms with Crippen molar-refractivity contribution in [3.05, 3.63) is 29.8 Å². The molecule has 1 aromatic carbocycles. The van der Waals surface area contributed by atoms with E-state index in [4.69, 9.17) is 9.47 Å². The molecule has 0 aliphatic rings.